The molecule has 0 radical (unpaired) electrons. The minimum Gasteiger partial charge on any atom is -0.0882 e. The molecule has 0 aromatic carbocycles. The van der Waals surface area contributed by atoms with Gasteiger partial charge < -0.3 is 0 Å². The highest BCUT2D eigenvalue weighted by molar-refractivity contribution is 9.11. The lowest BCUT2D eigenvalue weighted by atomic mass is 10.1. The molecule has 1 rings (SSSR count). The Labute approximate surface area is 64.8 Å². The van der Waals surface area contributed by atoms with Gasteiger partial charge in [-0.2, -0.15) is 0 Å². The number of halogens is 1. The van der Waals surface area contributed by atoms with Crippen LogP contribution in [-0.2, 0) is 0 Å². The first-order valence-corrected chi connectivity index (χ1v) is 4.18. The van der Waals surface area contributed by atoms with E-state index in [4.69, 9.17) is 0 Å². The summed E-state index contributed by atoms with van der Waals surface area (Å²) in [6.07, 6.45) is 11.5. The fraction of sp³-hybridized carbons (Fsp3) is 0.500. The number of hydrogen-bond acceptors (Lipinski definition) is 0. The van der Waals surface area contributed by atoms with Crippen LogP contribution in [0.1, 0.15) is 25.7 Å². The molecule has 0 aromatic heterocycles. The second-order valence-electron chi connectivity index (χ2n) is 2.24. The molecule has 0 unspecified atom stereocenters. The molecule has 0 saturated heterocycles. The molecule has 1 aliphatic carbocycles. The van der Waals surface area contributed by atoms with Crippen LogP contribution in [0.3, 0.4) is 0 Å². The molecular formula is C8H11Br. The average Bonchev–Trinajstić information content (AvgIpc) is 1.79. The Morgan fingerprint density at radius 2 is 1.89 bits per heavy atom. The lowest BCUT2D eigenvalue weighted by Crippen LogP contribution is -1.77. The Balaban J connectivity index is 2.41. The third-order valence-electron chi connectivity index (χ3n) is 1.42. The van der Waals surface area contributed by atoms with Crippen LogP contribution in [0, 0.1) is 0 Å². The van der Waals surface area contributed by atoms with E-state index in [9.17, 15) is 0 Å². The first kappa shape index (κ1) is 7.07. The molecule has 50 valence electrons. The monoisotopic (exact) mass is 186 g/mol. The predicted octanol–water partition coefficient (Wildman–Crippen LogP) is 3.40. The molecule has 0 bridgehead atoms. The summed E-state index contributed by atoms with van der Waals surface area (Å²) in [5.41, 5.74) is 0. The van der Waals surface area contributed by atoms with Crippen LogP contribution >= 0.6 is 15.9 Å². The molecule has 0 atom stereocenters. The maximum Gasteiger partial charge on any atom is -0.00860 e. The first-order valence-electron chi connectivity index (χ1n) is 3.39. The largest absolute Gasteiger partial charge is 0.0882 e. The first-order chi connectivity index (χ1) is 4.39. The van der Waals surface area contributed by atoms with E-state index in [0.29, 0.717) is 0 Å². The molecule has 0 spiro atoms. The lowest BCUT2D eigenvalue weighted by Gasteiger charge is -1.98. The fourth-order valence-corrected chi connectivity index (χ4v) is 1.35. The van der Waals surface area contributed by atoms with Gasteiger partial charge in [-0.3, -0.25) is 0 Å². The van der Waals surface area contributed by atoms with E-state index in [2.05, 4.69) is 34.2 Å². The van der Waals surface area contributed by atoms with Crippen molar-refractivity contribution in [1.82, 2.24) is 0 Å². The van der Waals surface area contributed by atoms with Gasteiger partial charge in [0.1, 0.15) is 0 Å². The van der Waals surface area contributed by atoms with Crippen molar-refractivity contribution < 1.29 is 0 Å². The van der Waals surface area contributed by atoms with Gasteiger partial charge in [-0.05, 0) is 30.2 Å². The zero-order chi connectivity index (χ0) is 6.53. The van der Waals surface area contributed by atoms with E-state index >= 15 is 0 Å². The van der Waals surface area contributed by atoms with Crippen LogP contribution in [-0.4, -0.2) is 0 Å². The summed E-state index contributed by atoms with van der Waals surface area (Å²) in [5, 5.41) is 0. The Kier molecular flexibility index (Phi) is 3.05. The van der Waals surface area contributed by atoms with Crippen molar-refractivity contribution in [3.8, 4) is 0 Å². The van der Waals surface area contributed by atoms with Crippen LogP contribution in [0.25, 0.3) is 0 Å². The highest BCUT2D eigenvalue weighted by atomic mass is 79.9. The zero-order valence-electron chi connectivity index (χ0n) is 5.44. The molecule has 0 aromatic rings. The Hall–Kier alpha value is -0.0400. The molecule has 0 saturated carbocycles. The standard InChI is InChI=1S/C8H11Br/c9-8-6-4-2-1-3-5-7-8/h1-2,7H,3-6H2/b2-1?,8-7-. The van der Waals surface area contributed by atoms with E-state index in [-0.39, 0.29) is 0 Å². The maximum absolute atomic E-state index is 3.50. The van der Waals surface area contributed by atoms with E-state index < -0.39 is 0 Å². The lowest BCUT2D eigenvalue weighted by molar-refractivity contribution is 0.954. The third kappa shape index (κ3) is 2.85. The number of allylic oxidation sites excluding steroid dienone is 4. The van der Waals surface area contributed by atoms with Crippen LogP contribution in [0.2, 0.25) is 0 Å². The van der Waals surface area contributed by atoms with Gasteiger partial charge in [-0.25, -0.2) is 0 Å². The average molecular weight is 187 g/mol. The number of rotatable bonds is 0. The van der Waals surface area contributed by atoms with Crippen molar-refractivity contribution >= 4 is 15.9 Å². The summed E-state index contributed by atoms with van der Waals surface area (Å²) < 4.78 is 1.37. The predicted molar refractivity (Wildman–Crippen MR) is 44.6 cm³/mol. The molecule has 1 aliphatic rings. The molecular weight excluding hydrogens is 176 g/mol. The van der Waals surface area contributed by atoms with E-state index in [1.54, 1.807) is 0 Å². The quantitative estimate of drug-likeness (QED) is 0.510. The SMILES string of the molecule is Br/C1=C\CCC=CCC1. The molecule has 0 aliphatic heterocycles. The van der Waals surface area contributed by atoms with Crippen molar-refractivity contribution in [2.24, 2.45) is 0 Å². The van der Waals surface area contributed by atoms with Gasteiger partial charge in [0.25, 0.3) is 0 Å². The Morgan fingerprint density at radius 1 is 1.11 bits per heavy atom. The molecule has 0 amide bonds. The van der Waals surface area contributed by atoms with Gasteiger partial charge in [-0.15, -0.1) is 0 Å². The van der Waals surface area contributed by atoms with Gasteiger partial charge in [0.15, 0.2) is 0 Å². The summed E-state index contributed by atoms with van der Waals surface area (Å²) in [6.45, 7) is 0. The fourth-order valence-electron chi connectivity index (χ4n) is 0.895. The summed E-state index contributed by atoms with van der Waals surface area (Å²) in [7, 11) is 0. The van der Waals surface area contributed by atoms with Gasteiger partial charge in [0.2, 0.25) is 0 Å². The topological polar surface area (TPSA) is 0 Å². The summed E-state index contributed by atoms with van der Waals surface area (Å²) in [6, 6.07) is 0. The Bertz CT molecular complexity index is 134. The highest BCUT2D eigenvalue weighted by Gasteiger charge is 1.91. The van der Waals surface area contributed by atoms with Crippen LogP contribution < -0.4 is 0 Å². The van der Waals surface area contributed by atoms with E-state index in [0.717, 1.165) is 0 Å². The molecule has 9 heavy (non-hydrogen) atoms. The van der Waals surface area contributed by atoms with Crippen molar-refractivity contribution in [3.05, 3.63) is 22.7 Å². The van der Waals surface area contributed by atoms with Gasteiger partial charge in [0, 0.05) is 0 Å². The molecule has 0 heterocycles. The normalized spacial score (nSPS) is 26.1. The molecule has 0 nitrogen and oxygen atoms in total. The summed E-state index contributed by atoms with van der Waals surface area (Å²) >= 11 is 3.50. The molecule has 0 N–H and O–H groups in total. The van der Waals surface area contributed by atoms with Crippen molar-refractivity contribution in [3.63, 3.8) is 0 Å². The van der Waals surface area contributed by atoms with Crippen LogP contribution in [0.4, 0.5) is 0 Å². The highest BCUT2D eigenvalue weighted by Crippen LogP contribution is 2.16. The summed E-state index contributed by atoms with van der Waals surface area (Å²) in [4.78, 5) is 0. The van der Waals surface area contributed by atoms with Crippen molar-refractivity contribution in [2.75, 3.05) is 0 Å². The zero-order valence-corrected chi connectivity index (χ0v) is 7.02. The minimum absolute atomic E-state index is 1.18. The third-order valence-corrected chi connectivity index (χ3v) is 2.14. The summed E-state index contributed by atoms with van der Waals surface area (Å²) in [5.74, 6) is 0. The molecule has 1 heteroatoms. The van der Waals surface area contributed by atoms with E-state index in [1.807, 2.05) is 0 Å². The van der Waals surface area contributed by atoms with Gasteiger partial charge in [0.05, 0.1) is 0 Å². The second-order valence-corrected chi connectivity index (χ2v) is 3.26. The Morgan fingerprint density at radius 3 is 2.78 bits per heavy atom. The smallest absolute Gasteiger partial charge is 0.00860 e. The van der Waals surface area contributed by atoms with Crippen molar-refractivity contribution in [2.45, 2.75) is 25.7 Å². The van der Waals surface area contributed by atoms with Gasteiger partial charge in [-0.1, -0.05) is 34.2 Å². The second kappa shape index (κ2) is 3.89. The van der Waals surface area contributed by atoms with Crippen LogP contribution in [0.5, 0.6) is 0 Å². The van der Waals surface area contributed by atoms with Gasteiger partial charge >= 0.3 is 0 Å². The van der Waals surface area contributed by atoms with Crippen LogP contribution in [0.15, 0.2) is 22.7 Å². The minimum atomic E-state index is 1.18. The maximum atomic E-state index is 3.50. The van der Waals surface area contributed by atoms with Crippen molar-refractivity contribution in [1.29, 1.82) is 0 Å². The molecule has 0 fully saturated rings. The number of hydrogen-bond donors (Lipinski definition) is 0. The van der Waals surface area contributed by atoms with E-state index in [1.165, 1.54) is 30.2 Å².